The molecular formula is C17H19N3O2S. The van der Waals surface area contributed by atoms with E-state index >= 15 is 0 Å². The fraction of sp³-hybridized carbons (Fsp3) is 0.353. The van der Waals surface area contributed by atoms with E-state index in [1.165, 1.54) is 11.8 Å². The number of benzene rings is 1. The zero-order valence-corrected chi connectivity index (χ0v) is 14.0. The van der Waals surface area contributed by atoms with Crippen molar-refractivity contribution in [2.24, 2.45) is 0 Å². The molecule has 0 aliphatic carbocycles. The Morgan fingerprint density at radius 1 is 1.30 bits per heavy atom. The van der Waals surface area contributed by atoms with Crippen molar-refractivity contribution in [3.8, 4) is 5.75 Å². The van der Waals surface area contributed by atoms with Crippen molar-refractivity contribution >= 4 is 17.7 Å². The second-order valence-electron chi connectivity index (χ2n) is 5.36. The summed E-state index contributed by atoms with van der Waals surface area (Å²) < 4.78 is 5.46. The van der Waals surface area contributed by atoms with Gasteiger partial charge < -0.3 is 9.64 Å². The predicted molar refractivity (Wildman–Crippen MR) is 89.8 cm³/mol. The predicted octanol–water partition coefficient (Wildman–Crippen LogP) is 3.18. The van der Waals surface area contributed by atoms with Gasteiger partial charge in [0.2, 0.25) is 0 Å². The fourth-order valence-electron chi connectivity index (χ4n) is 2.97. The number of carbonyl (C=O) groups is 1. The van der Waals surface area contributed by atoms with E-state index in [2.05, 4.69) is 9.97 Å². The van der Waals surface area contributed by atoms with Gasteiger partial charge >= 0.3 is 0 Å². The molecule has 1 fully saturated rings. The molecule has 23 heavy (non-hydrogen) atoms. The monoisotopic (exact) mass is 329 g/mol. The van der Waals surface area contributed by atoms with Crippen molar-refractivity contribution < 1.29 is 9.53 Å². The van der Waals surface area contributed by atoms with E-state index in [1.807, 2.05) is 35.4 Å². The highest BCUT2D eigenvalue weighted by molar-refractivity contribution is 7.98. The van der Waals surface area contributed by atoms with Crippen LogP contribution in [0.5, 0.6) is 5.75 Å². The van der Waals surface area contributed by atoms with Gasteiger partial charge in [-0.15, -0.1) is 0 Å². The molecule has 0 spiro atoms. The number of carbonyl (C=O) groups excluding carboxylic acids is 1. The summed E-state index contributed by atoms with van der Waals surface area (Å²) in [5.74, 6) is 0.803. The van der Waals surface area contributed by atoms with Crippen LogP contribution in [-0.2, 0) is 0 Å². The number of ether oxygens (including phenoxy) is 1. The van der Waals surface area contributed by atoms with Gasteiger partial charge in [-0.2, -0.15) is 0 Å². The van der Waals surface area contributed by atoms with Crippen molar-refractivity contribution in [1.29, 1.82) is 0 Å². The van der Waals surface area contributed by atoms with Crippen molar-refractivity contribution in [1.82, 2.24) is 14.9 Å². The van der Waals surface area contributed by atoms with Crippen LogP contribution < -0.4 is 4.74 Å². The van der Waals surface area contributed by atoms with Crippen LogP contribution in [0.2, 0.25) is 0 Å². The standard InChI is InChI=1S/C17H19N3O2S/c1-22-15-8-4-3-6-13(15)14-7-5-9-20(14)16(21)12-10-18-17(23-2)19-11-12/h3-4,6,8,10-11,14H,5,7,9H2,1-2H3. The van der Waals surface area contributed by atoms with Gasteiger partial charge in [0.05, 0.1) is 18.7 Å². The van der Waals surface area contributed by atoms with E-state index in [0.29, 0.717) is 10.7 Å². The molecule has 120 valence electrons. The van der Waals surface area contributed by atoms with Crippen molar-refractivity contribution in [2.75, 3.05) is 19.9 Å². The van der Waals surface area contributed by atoms with Gasteiger partial charge in [0, 0.05) is 24.5 Å². The number of aromatic nitrogens is 2. The Bertz CT molecular complexity index is 690. The minimum Gasteiger partial charge on any atom is -0.496 e. The van der Waals surface area contributed by atoms with Crippen LogP contribution in [0.25, 0.3) is 0 Å². The Balaban J connectivity index is 1.87. The van der Waals surface area contributed by atoms with Gasteiger partial charge in [0.25, 0.3) is 5.91 Å². The molecule has 0 N–H and O–H groups in total. The maximum atomic E-state index is 12.8. The van der Waals surface area contributed by atoms with E-state index in [-0.39, 0.29) is 11.9 Å². The van der Waals surface area contributed by atoms with Crippen molar-refractivity contribution in [3.05, 3.63) is 47.8 Å². The van der Waals surface area contributed by atoms with Crippen molar-refractivity contribution in [2.45, 2.75) is 24.0 Å². The molecule has 0 bridgehead atoms. The highest BCUT2D eigenvalue weighted by Gasteiger charge is 2.32. The smallest absolute Gasteiger partial charge is 0.257 e. The Morgan fingerprint density at radius 3 is 2.74 bits per heavy atom. The molecular weight excluding hydrogens is 310 g/mol. The molecule has 1 unspecified atom stereocenters. The maximum absolute atomic E-state index is 12.8. The molecule has 1 aromatic carbocycles. The average Bonchev–Trinajstić information content (AvgIpc) is 3.10. The van der Waals surface area contributed by atoms with Gasteiger partial charge in [-0.05, 0) is 25.2 Å². The number of para-hydroxylation sites is 1. The maximum Gasteiger partial charge on any atom is 0.257 e. The van der Waals surface area contributed by atoms with Gasteiger partial charge in [-0.1, -0.05) is 30.0 Å². The highest BCUT2D eigenvalue weighted by Crippen LogP contribution is 2.37. The van der Waals surface area contributed by atoms with E-state index < -0.39 is 0 Å². The van der Waals surface area contributed by atoms with Crippen LogP contribution in [0.3, 0.4) is 0 Å². The molecule has 1 saturated heterocycles. The Hall–Kier alpha value is -2.08. The zero-order valence-electron chi connectivity index (χ0n) is 13.2. The lowest BCUT2D eigenvalue weighted by Crippen LogP contribution is -2.31. The molecule has 1 amide bonds. The first-order chi connectivity index (χ1) is 11.2. The lowest BCUT2D eigenvalue weighted by Gasteiger charge is -2.26. The third-order valence-corrected chi connectivity index (χ3v) is 4.65. The summed E-state index contributed by atoms with van der Waals surface area (Å²) in [5, 5.41) is 0.671. The first kappa shape index (κ1) is 15.8. The van der Waals surface area contributed by atoms with Crippen LogP contribution >= 0.6 is 11.8 Å². The summed E-state index contributed by atoms with van der Waals surface area (Å²) in [6.07, 6.45) is 7.06. The normalized spacial score (nSPS) is 17.3. The van der Waals surface area contributed by atoms with Crippen LogP contribution in [0.1, 0.15) is 34.8 Å². The number of thioether (sulfide) groups is 1. The number of likely N-dealkylation sites (tertiary alicyclic amines) is 1. The fourth-order valence-corrected chi connectivity index (χ4v) is 3.29. The molecule has 1 aliphatic rings. The number of nitrogens with zero attached hydrogens (tertiary/aromatic N) is 3. The molecule has 6 heteroatoms. The molecule has 0 saturated carbocycles. The second-order valence-corrected chi connectivity index (χ2v) is 6.13. The number of hydrogen-bond donors (Lipinski definition) is 0. The first-order valence-electron chi connectivity index (χ1n) is 7.54. The average molecular weight is 329 g/mol. The Kier molecular flexibility index (Phi) is 4.81. The molecule has 2 heterocycles. The topological polar surface area (TPSA) is 55.3 Å². The lowest BCUT2D eigenvalue weighted by atomic mass is 10.0. The lowest BCUT2D eigenvalue weighted by molar-refractivity contribution is 0.0733. The summed E-state index contributed by atoms with van der Waals surface area (Å²) in [5.41, 5.74) is 1.59. The molecule has 0 radical (unpaired) electrons. The molecule has 1 aromatic heterocycles. The van der Waals surface area contributed by atoms with Crippen LogP contribution in [0, 0.1) is 0 Å². The number of rotatable bonds is 4. The summed E-state index contributed by atoms with van der Waals surface area (Å²) in [7, 11) is 1.66. The van der Waals surface area contributed by atoms with Crippen molar-refractivity contribution in [3.63, 3.8) is 0 Å². The molecule has 5 nitrogen and oxygen atoms in total. The largest absolute Gasteiger partial charge is 0.496 e. The highest BCUT2D eigenvalue weighted by atomic mass is 32.2. The minimum atomic E-state index is -0.0222. The third kappa shape index (κ3) is 3.17. The molecule has 1 atom stereocenters. The summed E-state index contributed by atoms with van der Waals surface area (Å²) >= 11 is 1.46. The van der Waals surface area contributed by atoms with E-state index in [0.717, 1.165) is 30.7 Å². The molecule has 2 aromatic rings. The van der Waals surface area contributed by atoms with E-state index in [9.17, 15) is 4.79 Å². The van der Waals surface area contributed by atoms with E-state index in [4.69, 9.17) is 4.74 Å². The summed E-state index contributed by atoms with van der Waals surface area (Å²) in [6.45, 7) is 0.742. The molecule has 1 aliphatic heterocycles. The SMILES string of the molecule is COc1ccccc1C1CCCN1C(=O)c1cnc(SC)nc1. The van der Waals surface area contributed by atoms with Gasteiger partial charge in [-0.3, -0.25) is 4.79 Å². The van der Waals surface area contributed by atoms with Crippen LogP contribution in [0.4, 0.5) is 0 Å². The number of hydrogen-bond acceptors (Lipinski definition) is 5. The second kappa shape index (κ2) is 7.00. The van der Waals surface area contributed by atoms with Gasteiger partial charge in [-0.25, -0.2) is 9.97 Å². The van der Waals surface area contributed by atoms with Crippen LogP contribution in [0.15, 0.2) is 41.8 Å². The van der Waals surface area contributed by atoms with E-state index in [1.54, 1.807) is 19.5 Å². The third-order valence-electron chi connectivity index (χ3n) is 4.07. The van der Waals surface area contributed by atoms with Crippen LogP contribution in [-0.4, -0.2) is 40.7 Å². The Labute approximate surface area is 140 Å². The zero-order chi connectivity index (χ0) is 16.2. The number of amides is 1. The first-order valence-corrected chi connectivity index (χ1v) is 8.77. The molecule has 3 rings (SSSR count). The van der Waals surface area contributed by atoms with Gasteiger partial charge in [0.1, 0.15) is 5.75 Å². The minimum absolute atomic E-state index is 0.0222. The Morgan fingerprint density at radius 2 is 2.04 bits per heavy atom. The number of methoxy groups -OCH3 is 1. The summed E-state index contributed by atoms with van der Waals surface area (Å²) in [4.78, 5) is 23.1. The van der Waals surface area contributed by atoms with Gasteiger partial charge in [0.15, 0.2) is 5.16 Å². The quantitative estimate of drug-likeness (QED) is 0.637. The summed E-state index contributed by atoms with van der Waals surface area (Å²) in [6, 6.07) is 7.93.